The molecule has 4 N–H and O–H groups in total. The van der Waals surface area contributed by atoms with Gasteiger partial charge in [-0.15, -0.1) is 0 Å². The van der Waals surface area contributed by atoms with Crippen molar-refractivity contribution in [2.75, 3.05) is 9.80 Å². The van der Waals surface area contributed by atoms with Crippen LogP contribution >= 0.6 is 0 Å². The monoisotopic (exact) mass is 1600 g/mol. The maximum atomic E-state index is 15.8. The number of nitrogens with zero attached hydrogens (tertiary/aromatic N) is 5. The molecule has 4 amide bonds. The summed E-state index contributed by atoms with van der Waals surface area (Å²) in [5, 5.41) is 20.0. The Balaban J connectivity index is 0.000000171. The van der Waals surface area contributed by atoms with Crippen molar-refractivity contribution in [3.63, 3.8) is 0 Å². The normalized spacial score (nSPS) is 13.6. The molecule has 0 bridgehead atoms. The molecule has 8 heterocycles. The minimum absolute atomic E-state index is 0.0109. The van der Waals surface area contributed by atoms with Crippen LogP contribution in [0.15, 0.2) is 160 Å². The number of pyridine rings is 2. The Morgan fingerprint density at radius 1 is 0.331 bits per heavy atom. The summed E-state index contributed by atoms with van der Waals surface area (Å²) in [4.78, 5) is 123. The third-order valence-corrected chi connectivity index (χ3v) is 24.9. The Labute approximate surface area is 673 Å². The molecular formula is C96H90F6N8O8. The molecule has 2 aliphatic rings. The summed E-state index contributed by atoms with van der Waals surface area (Å²) in [5.74, 6) is -3.73. The lowest BCUT2D eigenvalue weighted by Crippen LogP contribution is -2.44. The highest BCUT2D eigenvalue weighted by Gasteiger charge is 2.47. The molecule has 2 aliphatic heterocycles. The van der Waals surface area contributed by atoms with Gasteiger partial charge in [0.15, 0.2) is 0 Å². The Kier molecular flexibility index (Phi) is 21.0. The van der Waals surface area contributed by atoms with Gasteiger partial charge in [-0.25, -0.2) is 14.8 Å². The summed E-state index contributed by atoms with van der Waals surface area (Å²) < 4.78 is 84.6. The predicted molar refractivity (Wildman–Crippen MR) is 459 cm³/mol. The lowest BCUT2D eigenvalue weighted by atomic mass is 9.81. The molecule has 18 rings (SSSR count). The van der Waals surface area contributed by atoms with E-state index >= 15 is 14.4 Å². The number of halogens is 6. The van der Waals surface area contributed by atoms with Crippen LogP contribution in [0, 0.1) is 0 Å². The first kappa shape index (κ1) is 78.6. The predicted octanol–water partition coefficient (Wildman–Crippen LogP) is 25.0. The number of amides is 4. The van der Waals surface area contributed by atoms with E-state index in [1.807, 2.05) is 48.5 Å². The molecule has 16 aromatic rings. The van der Waals surface area contributed by atoms with Crippen LogP contribution in [0.1, 0.15) is 246 Å². The molecule has 118 heavy (non-hydrogen) atoms. The Morgan fingerprint density at radius 2 is 0.669 bits per heavy atom. The van der Waals surface area contributed by atoms with Gasteiger partial charge in [-0.2, -0.15) is 26.3 Å². The molecule has 16 nitrogen and oxygen atoms in total. The first-order valence-corrected chi connectivity index (χ1v) is 41.9. The molecule has 0 unspecified atom stereocenters. The molecule has 0 radical (unpaired) electrons. The number of anilines is 2. The number of nitrogens with one attached hydrogen (secondary N) is 3. The lowest BCUT2D eigenvalue weighted by molar-refractivity contribution is -0.138. The first-order chi connectivity index (χ1) is 57.1. The number of benzene rings is 10. The van der Waals surface area contributed by atoms with Gasteiger partial charge in [0.1, 0.15) is 0 Å². The standard InChI is InChI=1S/C56H72N4O4.C40H18F6N4O4/c1-5-9-13-17-21-29-37(30-22-18-14-10-6-2)59-53(61)47-43-39-33-25-27-35-41(39)58-52(43)50-46-45(47)49(55(59)63)51-44(40-34-26-28-36-42(40)57-51)48(46)54(62)60(56(50)64)38(31-23-19-15-11-7-3)32-24-20-16-12-8-4;41-39(42,43)17-9-13-19(14-10-17)49-35(51)29-25-21-5-1-3-7-23(21)47-33(25)31-28-27(29)32(38(49)54)34-26(22-6-2-4-8-24(22)48-34)30(28)36(52)50(37(31)53)20-15-11-18(12-16-20)40(44,45)46/h25-28,33-38,57,64H,5-24,29-32H2,1-4H3;1-16,47-48H. The highest BCUT2D eigenvalue weighted by Crippen LogP contribution is 2.53. The fraction of sp³-hybridized carbons (Fsp3) is 0.333. The van der Waals surface area contributed by atoms with Gasteiger partial charge >= 0.3 is 12.4 Å². The van der Waals surface area contributed by atoms with Gasteiger partial charge in [-0.3, -0.25) is 42.7 Å². The number of hydrogen-bond donors (Lipinski definition) is 4. The molecule has 0 spiro atoms. The zero-order chi connectivity index (χ0) is 82.3. The third-order valence-electron chi connectivity index (χ3n) is 24.9. The number of H-pyrrole nitrogens is 3. The molecule has 22 heteroatoms. The SMILES string of the molecule is CCCCCCCC(CCCCCCC)n1c(O)c2c3nc4ccccc4c3c3c(=O)n(C(CCCCCCC)CCCCCCC)c(=O)c4c5[nH]c6ccccc6c5c(c1=O)c2c43.O=C1c2c3[nH]c4ccccc4c3c3c4c(c5[nH]c6ccccc6c5c(c24)C(=O)N1c1ccc(C(F)(F)F)cc1)C(=O)N(c1ccc(C(F)(F)F)cc1)C3=O. The first-order valence-electron chi connectivity index (χ1n) is 41.9. The van der Waals surface area contributed by atoms with E-state index in [1.165, 1.54) is 25.7 Å². The maximum Gasteiger partial charge on any atom is 0.416 e. The van der Waals surface area contributed by atoms with Crippen LogP contribution in [0.3, 0.4) is 0 Å². The molecular weight excluding hydrogens is 1510 g/mol. The average Bonchev–Trinajstić information content (AvgIpc) is 1.38. The fourth-order valence-electron chi connectivity index (χ4n) is 19.3. The topological polar surface area (TPSA) is 216 Å². The van der Waals surface area contributed by atoms with Crippen molar-refractivity contribution in [1.82, 2.24) is 29.1 Å². The van der Waals surface area contributed by atoms with Crippen molar-refractivity contribution >= 4 is 165 Å². The number of alkyl halides is 6. The number of aromatic nitrogens is 6. The van der Waals surface area contributed by atoms with Crippen LogP contribution in [0.2, 0.25) is 0 Å². The Bertz CT molecular complexity index is 6660. The summed E-state index contributed by atoms with van der Waals surface area (Å²) in [6.45, 7) is 8.89. The van der Waals surface area contributed by atoms with Gasteiger partial charge < -0.3 is 20.1 Å². The number of unbranched alkanes of at least 4 members (excludes halogenated alkanes) is 16. The van der Waals surface area contributed by atoms with Crippen molar-refractivity contribution in [1.29, 1.82) is 0 Å². The summed E-state index contributed by atoms with van der Waals surface area (Å²) in [6, 6.07) is 36.1. The van der Waals surface area contributed by atoms with Crippen LogP contribution < -0.4 is 26.5 Å². The number of imide groups is 2. The number of carbonyl (C=O) groups excluding carboxylic acids is 4. The van der Waals surface area contributed by atoms with Crippen molar-refractivity contribution in [3.8, 4) is 5.88 Å². The van der Waals surface area contributed by atoms with Crippen LogP contribution in [-0.4, -0.2) is 57.8 Å². The van der Waals surface area contributed by atoms with Crippen molar-refractivity contribution in [3.05, 3.63) is 210 Å². The van der Waals surface area contributed by atoms with Crippen molar-refractivity contribution in [2.24, 2.45) is 0 Å². The zero-order valence-electron chi connectivity index (χ0n) is 66.3. The van der Waals surface area contributed by atoms with Gasteiger partial charge in [-0.05, 0) is 98.5 Å². The van der Waals surface area contributed by atoms with Gasteiger partial charge in [0.25, 0.3) is 40.3 Å². The quantitative estimate of drug-likeness (QED) is 0.0159. The van der Waals surface area contributed by atoms with E-state index in [2.05, 4.69) is 42.6 Å². The van der Waals surface area contributed by atoms with Gasteiger partial charge in [0.2, 0.25) is 5.88 Å². The molecule has 0 atom stereocenters. The van der Waals surface area contributed by atoms with Crippen LogP contribution in [0.25, 0.3) is 130 Å². The van der Waals surface area contributed by atoms with Crippen LogP contribution in [0.4, 0.5) is 37.7 Å². The minimum atomic E-state index is -4.69. The average molecular weight is 1600 g/mol. The Hall–Kier alpha value is -11.9. The number of hydrogen-bond acceptors (Lipinski definition) is 9. The molecule has 0 saturated carbocycles. The van der Waals surface area contributed by atoms with E-state index in [-0.39, 0.29) is 101 Å². The summed E-state index contributed by atoms with van der Waals surface area (Å²) in [6.07, 6.45) is 15.7. The summed E-state index contributed by atoms with van der Waals surface area (Å²) in [5.41, 5.74) is 0.378. The second-order valence-corrected chi connectivity index (χ2v) is 32.2. The second kappa shape index (κ2) is 31.5. The summed E-state index contributed by atoms with van der Waals surface area (Å²) in [7, 11) is 0. The van der Waals surface area contributed by atoms with E-state index in [0.29, 0.717) is 75.9 Å². The second-order valence-electron chi connectivity index (χ2n) is 32.2. The number of para-hydroxylation sites is 4. The number of rotatable bonds is 28. The fourth-order valence-corrected chi connectivity index (χ4v) is 19.3. The van der Waals surface area contributed by atoms with E-state index in [0.717, 1.165) is 209 Å². The lowest BCUT2D eigenvalue weighted by Gasteiger charge is -2.33. The van der Waals surface area contributed by atoms with Crippen LogP contribution in [-0.2, 0) is 12.4 Å². The largest absolute Gasteiger partial charge is 0.494 e. The smallest absolute Gasteiger partial charge is 0.416 e. The van der Waals surface area contributed by atoms with Gasteiger partial charge in [0, 0.05) is 93.3 Å². The summed E-state index contributed by atoms with van der Waals surface area (Å²) >= 11 is 0. The molecule has 0 saturated heterocycles. The van der Waals surface area contributed by atoms with Gasteiger partial charge in [-0.1, -0.05) is 229 Å². The number of aromatic amines is 3. The van der Waals surface area contributed by atoms with E-state index in [4.69, 9.17) is 4.98 Å². The van der Waals surface area contributed by atoms with Gasteiger partial charge in [0.05, 0.1) is 93.9 Å². The van der Waals surface area contributed by atoms with Crippen LogP contribution in [0.5, 0.6) is 5.88 Å². The van der Waals surface area contributed by atoms with E-state index in [9.17, 15) is 50.6 Å². The highest BCUT2D eigenvalue weighted by molar-refractivity contribution is 6.52. The molecule has 604 valence electrons. The molecule has 10 aromatic carbocycles. The maximum absolute atomic E-state index is 15.8. The van der Waals surface area contributed by atoms with Crippen molar-refractivity contribution in [2.45, 2.75) is 206 Å². The Morgan fingerprint density at radius 3 is 1.09 bits per heavy atom. The molecule has 0 fully saturated rings. The third kappa shape index (κ3) is 13.0. The number of carbonyl (C=O) groups is 4. The zero-order valence-corrected chi connectivity index (χ0v) is 66.3. The van der Waals surface area contributed by atoms with E-state index < -0.39 is 47.1 Å². The molecule has 6 aromatic heterocycles. The van der Waals surface area contributed by atoms with E-state index in [1.54, 1.807) is 57.7 Å². The number of aromatic hydroxyl groups is 1. The number of fused-ring (bicyclic) bond motifs is 20. The van der Waals surface area contributed by atoms with Crippen molar-refractivity contribution < 1.29 is 50.6 Å². The highest BCUT2D eigenvalue weighted by atomic mass is 19.4. The molecule has 0 aliphatic carbocycles. The minimum Gasteiger partial charge on any atom is -0.494 e.